The zero-order valence-electron chi connectivity index (χ0n) is 11.1. The number of hydrogen-bond donors (Lipinski definition) is 1. The van der Waals surface area contributed by atoms with E-state index in [0.29, 0.717) is 6.42 Å². The van der Waals surface area contributed by atoms with Crippen molar-refractivity contribution in [3.05, 3.63) is 65.7 Å². The molecule has 1 aliphatic rings. The largest absolute Gasteiger partial charge is 0.482 e. The second-order valence-corrected chi connectivity index (χ2v) is 5.14. The molecule has 3 nitrogen and oxygen atoms in total. The summed E-state index contributed by atoms with van der Waals surface area (Å²) in [6.07, 6.45) is 1.49. The molecule has 0 aromatic heterocycles. The minimum Gasteiger partial charge on any atom is -0.482 e. The second-order valence-electron chi connectivity index (χ2n) is 5.14. The molecule has 20 heavy (non-hydrogen) atoms. The van der Waals surface area contributed by atoms with Crippen LogP contribution >= 0.6 is 0 Å². The molecule has 1 unspecified atom stereocenters. The van der Waals surface area contributed by atoms with E-state index >= 15 is 0 Å². The number of para-hydroxylation sites is 1. The highest BCUT2D eigenvalue weighted by molar-refractivity contribution is 5.69. The SMILES string of the molecule is O=C(O)CC1(c2ccccc2)CCc2ccccc2O1. The van der Waals surface area contributed by atoms with Gasteiger partial charge in [-0.05, 0) is 30.0 Å². The van der Waals surface area contributed by atoms with E-state index in [1.807, 2.05) is 54.6 Å². The molecule has 0 fully saturated rings. The molecule has 0 spiro atoms. The molecule has 2 aromatic carbocycles. The molecule has 3 heteroatoms. The van der Waals surface area contributed by atoms with E-state index < -0.39 is 11.6 Å². The van der Waals surface area contributed by atoms with Crippen LogP contribution in [0.25, 0.3) is 0 Å². The standard InChI is InChI=1S/C17H16O3/c18-16(19)12-17(14-7-2-1-3-8-14)11-10-13-6-4-5-9-15(13)20-17/h1-9H,10-12H2,(H,18,19). The van der Waals surface area contributed by atoms with Gasteiger partial charge in [0, 0.05) is 0 Å². The van der Waals surface area contributed by atoms with Crippen molar-refractivity contribution >= 4 is 5.97 Å². The molecule has 0 radical (unpaired) electrons. The molecular formula is C17H16O3. The molecule has 3 rings (SSSR count). The zero-order valence-corrected chi connectivity index (χ0v) is 11.1. The molecular weight excluding hydrogens is 252 g/mol. The molecule has 0 bridgehead atoms. The Kier molecular flexibility index (Phi) is 3.18. The van der Waals surface area contributed by atoms with E-state index in [-0.39, 0.29) is 6.42 Å². The van der Waals surface area contributed by atoms with Crippen molar-refractivity contribution in [1.82, 2.24) is 0 Å². The maximum absolute atomic E-state index is 11.3. The Morgan fingerprint density at radius 2 is 1.80 bits per heavy atom. The minimum atomic E-state index is -0.840. The van der Waals surface area contributed by atoms with Crippen molar-refractivity contribution in [1.29, 1.82) is 0 Å². The first-order chi connectivity index (χ1) is 9.70. The fourth-order valence-electron chi connectivity index (χ4n) is 2.82. The number of aliphatic carboxylic acids is 1. The number of carboxylic acids is 1. The molecule has 0 aliphatic carbocycles. The Labute approximate surface area is 117 Å². The van der Waals surface area contributed by atoms with Crippen molar-refractivity contribution in [2.75, 3.05) is 0 Å². The van der Waals surface area contributed by atoms with Crippen LogP contribution in [-0.4, -0.2) is 11.1 Å². The zero-order chi connectivity index (χ0) is 14.0. The van der Waals surface area contributed by atoms with Crippen LogP contribution in [0.3, 0.4) is 0 Å². The van der Waals surface area contributed by atoms with Gasteiger partial charge in [-0.25, -0.2) is 0 Å². The van der Waals surface area contributed by atoms with Gasteiger partial charge in [0.2, 0.25) is 0 Å². The predicted octanol–water partition coefficient (Wildman–Crippen LogP) is 3.38. The molecule has 0 saturated heterocycles. The number of ether oxygens (including phenoxy) is 1. The third-order valence-corrected chi connectivity index (χ3v) is 3.81. The quantitative estimate of drug-likeness (QED) is 0.928. The average molecular weight is 268 g/mol. The first-order valence-electron chi connectivity index (χ1n) is 6.74. The lowest BCUT2D eigenvalue weighted by Gasteiger charge is -2.38. The van der Waals surface area contributed by atoms with Gasteiger partial charge >= 0.3 is 5.97 Å². The van der Waals surface area contributed by atoms with Crippen molar-refractivity contribution in [3.63, 3.8) is 0 Å². The van der Waals surface area contributed by atoms with Gasteiger partial charge in [0.1, 0.15) is 11.4 Å². The fraction of sp³-hybridized carbons (Fsp3) is 0.235. The highest BCUT2D eigenvalue weighted by atomic mass is 16.5. The Hall–Kier alpha value is -2.29. The summed E-state index contributed by atoms with van der Waals surface area (Å²) in [4.78, 5) is 11.3. The van der Waals surface area contributed by atoms with Crippen LogP contribution < -0.4 is 4.74 Å². The second kappa shape index (κ2) is 5.00. The predicted molar refractivity (Wildman–Crippen MR) is 75.8 cm³/mol. The Morgan fingerprint density at radius 3 is 2.55 bits per heavy atom. The number of rotatable bonds is 3. The van der Waals surface area contributed by atoms with E-state index in [1.165, 1.54) is 0 Å². The summed E-state index contributed by atoms with van der Waals surface area (Å²) in [6.45, 7) is 0. The summed E-state index contributed by atoms with van der Waals surface area (Å²) in [7, 11) is 0. The van der Waals surface area contributed by atoms with E-state index in [4.69, 9.17) is 4.74 Å². The summed E-state index contributed by atoms with van der Waals surface area (Å²) < 4.78 is 6.14. The van der Waals surface area contributed by atoms with Gasteiger partial charge in [-0.15, -0.1) is 0 Å². The molecule has 1 heterocycles. The highest BCUT2D eigenvalue weighted by Crippen LogP contribution is 2.41. The first kappa shape index (κ1) is 12.7. The van der Waals surface area contributed by atoms with Crippen LogP contribution in [0.4, 0.5) is 0 Å². The van der Waals surface area contributed by atoms with E-state index in [9.17, 15) is 9.90 Å². The summed E-state index contributed by atoms with van der Waals surface area (Å²) in [5.41, 5.74) is 1.31. The lowest BCUT2D eigenvalue weighted by Crippen LogP contribution is -2.39. The Balaban J connectivity index is 2.03. The topological polar surface area (TPSA) is 46.5 Å². The lowest BCUT2D eigenvalue weighted by molar-refractivity contribution is -0.142. The van der Waals surface area contributed by atoms with Crippen molar-refractivity contribution in [2.24, 2.45) is 0 Å². The van der Waals surface area contributed by atoms with E-state index in [0.717, 1.165) is 23.3 Å². The number of fused-ring (bicyclic) bond motifs is 1. The van der Waals surface area contributed by atoms with E-state index in [1.54, 1.807) is 0 Å². The van der Waals surface area contributed by atoms with Crippen LogP contribution in [0.15, 0.2) is 54.6 Å². The summed E-state index contributed by atoms with van der Waals surface area (Å²) in [6, 6.07) is 17.5. The number of benzene rings is 2. The molecule has 0 saturated carbocycles. The number of hydrogen-bond acceptors (Lipinski definition) is 2. The summed E-state index contributed by atoms with van der Waals surface area (Å²) >= 11 is 0. The molecule has 102 valence electrons. The smallest absolute Gasteiger partial charge is 0.307 e. The van der Waals surface area contributed by atoms with Gasteiger partial charge in [0.05, 0.1) is 6.42 Å². The number of aryl methyl sites for hydroxylation is 1. The van der Waals surface area contributed by atoms with Gasteiger partial charge in [0.25, 0.3) is 0 Å². The third-order valence-electron chi connectivity index (χ3n) is 3.81. The Bertz CT molecular complexity index is 621. The highest BCUT2D eigenvalue weighted by Gasteiger charge is 2.40. The molecule has 1 aliphatic heterocycles. The summed E-state index contributed by atoms with van der Waals surface area (Å²) in [5.74, 6) is -0.0444. The van der Waals surface area contributed by atoms with Gasteiger partial charge in [0.15, 0.2) is 0 Å². The normalized spacial score (nSPS) is 20.8. The Morgan fingerprint density at radius 1 is 1.10 bits per heavy atom. The van der Waals surface area contributed by atoms with Crippen molar-refractivity contribution in [3.8, 4) is 5.75 Å². The molecule has 1 N–H and O–H groups in total. The van der Waals surface area contributed by atoms with E-state index in [2.05, 4.69) is 0 Å². The van der Waals surface area contributed by atoms with Crippen LogP contribution in [-0.2, 0) is 16.8 Å². The summed E-state index contributed by atoms with van der Waals surface area (Å²) in [5, 5.41) is 9.26. The number of carboxylic acid groups (broad SMARTS) is 1. The van der Waals surface area contributed by atoms with Crippen LogP contribution in [0.2, 0.25) is 0 Å². The van der Waals surface area contributed by atoms with Crippen LogP contribution in [0, 0.1) is 0 Å². The average Bonchev–Trinajstić information content (AvgIpc) is 2.47. The van der Waals surface area contributed by atoms with Crippen molar-refractivity contribution < 1.29 is 14.6 Å². The van der Waals surface area contributed by atoms with Gasteiger partial charge in [-0.2, -0.15) is 0 Å². The monoisotopic (exact) mass is 268 g/mol. The minimum absolute atomic E-state index is 0.0225. The van der Waals surface area contributed by atoms with Gasteiger partial charge in [-0.1, -0.05) is 48.5 Å². The van der Waals surface area contributed by atoms with Gasteiger partial charge < -0.3 is 9.84 Å². The maximum Gasteiger partial charge on any atom is 0.307 e. The van der Waals surface area contributed by atoms with Crippen molar-refractivity contribution in [2.45, 2.75) is 24.9 Å². The molecule has 1 atom stereocenters. The lowest BCUT2D eigenvalue weighted by atomic mass is 9.82. The fourth-order valence-corrected chi connectivity index (χ4v) is 2.82. The molecule has 0 amide bonds. The third kappa shape index (κ3) is 2.27. The molecule has 2 aromatic rings. The maximum atomic E-state index is 11.3. The van der Waals surface area contributed by atoms with Gasteiger partial charge in [-0.3, -0.25) is 4.79 Å². The van der Waals surface area contributed by atoms with Crippen LogP contribution in [0.5, 0.6) is 5.75 Å². The van der Waals surface area contributed by atoms with Crippen LogP contribution in [0.1, 0.15) is 24.0 Å². The first-order valence-corrected chi connectivity index (χ1v) is 6.74. The number of carbonyl (C=O) groups is 1.